The number of nitrogens with one attached hydrogen (secondary N) is 1. The van der Waals surface area contributed by atoms with Gasteiger partial charge >= 0.3 is 5.97 Å². The average molecular weight is 245 g/mol. The van der Waals surface area contributed by atoms with Gasteiger partial charge in [-0.3, -0.25) is 4.79 Å². The fourth-order valence-corrected chi connectivity index (χ4v) is 1.60. The molecule has 0 radical (unpaired) electrons. The number of hydrogen-bond acceptors (Lipinski definition) is 4. The number of rotatable bonds is 10. The van der Waals surface area contributed by atoms with Crippen molar-refractivity contribution in [1.29, 1.82) is 0 Å². The van der Waals surface area contributed by atoms with Crippen LogP contribution in [-0.2, 0) is 9.53 Å². The van der Waals surface area contributed by atoms with E-state index in [9.17, 15) is 4.79 Å². The first-order valence-electron chi connectivity index (χ1n) is 6.53. The van der Waals surface area contributed by atoms with E-state index in [2.05, 4.69) is 19.2 Å². The molecule has 0 unspecified atom stereocenters. The van der Waals surface area contributed by atoms with Crippen LogP contribution in [0.1, 0.15) is 52.9 Å². The van der Waals surface area contributed by atoms with E-state index in [1.54, 1.807) is 0 Å². The summed E-state index contributed by atoms with van der Waals surface area (Å²) in [5.74, 6) is -0.0962. The highest BCUT2D eigenvalue weighted by molar-refractivity contribution is 5.69. The quantitative estimate of drug-likeness (QED) is 0.455. The van der Waals surface area contributed by atoms with E-state index in [1.165, 1.54) is 0 Å². The smallest absolute Gasteiger partial charge is 0.305 e. The van der Waals surface area contributed by atoms with Gasteiger partial charge in [0.25, 0.3) is 0 Å². The number of carbonyl (C=O) groups is 1. The standard InChI is InChI=1S/C13H27NO3/c1-4-17-12(16)8-6-5-7-10-14-13(2,3)9-11-15/h14-15H,4-11H2,1-3H3. The molecule has 0 fully saturated rings. The summed E-state index contributed by atoms with van der Waals surface area (Å²) in [5, 5.41) is 12.3. The Morgan fingerprint density at radius 3 is 2.59 bits per heavy atom. The van der Waals surface area contributed by atoms with Crippen molar-refractivity contribution in [1.82, 2.24) is 5.32 Å². The van der Waals surface area contributed by atoms with Crippen molar-refractivity contribution in [2.45, 2.75) is 58.4 Å². The highest BCUT2D eigenvalue weighted by atomic mass is 16.5. The minimum absolute atomic E-state index is 0.00408. The fraction of sp³-hybridized carbons (Fsp3) is 0.923. The third-order valence-corrected chi connectivity index (χ3v) is 2.70. The van der Waals surface area contributed by atoms with Crippen molar-refractivity contribution in [3.8, 4) is 0 Å². The van der Waals surface area contributed by atoms with Crippen molar-refractivity contribution in [3.63, 3.8) is 0 Å². The van der Waals surface area contributed by atoms with Gasteiger partial charge in [-0.1, -0.05) is 6.42 Å². The molecule has 0 aliphatic rings. The lowest BCUT2D eigenvalue weighted by Gasteiger charge is -2.25. The molecule has 0 bridgehead atoms. The van der Waals surface area contributed by atoms with E-state index in [0.717, 1.165) is 32.2 Å². The Labute approximate surface area is 105 Å². The topological polar surface area (TPSA) is 58.6 Å². The van der Waals surface area contributed by atoms with Crippen molar-refractivity contribution in [2.75, 3.05) is 19.8 Å². The van der Waals surface area contributed by atoms with Gasteiger partial charge in [0.05, 0.1) is 6.61 Å². The molecule has 0 rings (SSSR count). The van der Waals surface area contributed by atoms with Crippen LogP contribution >= 0.6 is 0 Å². The molecule has 2 N–H and O–H groups in total. The summed E-state index contributed by atoms with van der Waals surface area (Å²) < 4.78 is 4.85. The minimum Gasteiger partial charge on any atom is -0.466 e. The van der Waals surface area contributed by atoms with E-state index < -0.39 is 0 Å². The molecule has 102 valence electrons. The lowest BCUT2D eigenvalue weighted by Crippen LogP contribution is -2.40. The Kier molecular flexibility index (Phi) is 9.09. The van der Waals surface area contributed by atoms with Gasteiger partial charge in [-0.05, 0) is 46.6 Å². The van der Waals surface area contributed by atoms with Crippen molar-refractivity contribution in [3.05, 3.63) is 0 Å². The first-order chi connectivity index (χ1) is 8.02. The molecule has 0 atom stereocenters. The molecule has 4 nitrogen and oxygen atoms in total. The molecular formula is C13H27NO3. The number of ether oxygens (including phenoxy) is 1. The Hall–Kier alpha value is -0.610. The van der Waals surface area contributed by atoms with Crippen molar-refractivity contribution < 1.29 is 14.6 Å². The molecule has 0 aromatic rings. The van der Waals surface area contributed by atoms with Crippen molar-refractivity contribution >= 4 is 5.97 Å². The molecule has 0 amide bonds. The summed E-state index contributed by atoms with van der Waals surface area (Å²) in [6.07, 6.45) is 4.25. The van der Waals surface area contributed by atoms with Crippen LogP contribution in [0.4, 0.5) is 0 Å². The number of aliphatic hydroxyl groups excluding tert-OH is 1. The van der Waals surface area contributed by atoms with Gasteiger partial charge in [0.1, 0.15) is 0 Å². The van der Waals surface area contributed by atoms with E-state index in [0.29, 0.717) is 13.0 Å². The van der Waals surface area contributed by atoms with Gasteiger partial charge in [0.15, 0.2) is 0 Å². The van der Waals surface area contributed by atoms with Gasteiger partial charge in [0.2, 0.25) is 0 Å². The molecule has 0 aliphatic heterocycles. The zero-order valence-electron chi connectivity index (χ0n) is 11.4. The third kappa shape index (κ3) is 10.3. The SMILES string of the molecule is CCOC(=O)CCCCCNC(C)(C)CCO. The monoisotopic (exact) mass is 245 g/mol. The van der Waals surface area contributed by atoms with Crippen LogP contribution in [-0.4, -0.2) is 36.4 Å². The van der Waals surface area contributed by atoms with E-state index in [1.807, 2.05) is 6.92 Å². The van der Waals surface area contributed by atoms with Crippen LogP contribution in [0, 0.1) is 0 Å². The normalized spacial score (nSPS) is 11.5. The predicted octanol–water partition coefficient (Wildman–Crippen LogP) is 1.86. The summed E-state index contributed by atoms with van der Waals surface area (Å²) in [6, 6.07) is 0. The second-order valence-corrected chi connectivity index (χ2v) is 4.90. The molecule has 0 heterocycles. The molecule has 0 saturated carbocycles. The minimum atomic E-state index is -0.0962. The van der Waals surface area contributed by atoms with Gasteiger partial charge in [-0.25, -0.2) is 0 Å². The Morgan fingerprint density at radius 2 is 2.00 bits per heavy atom. The molecule has 0 spiro atoms. The highest BCUT2D eigenvalue weighted by Crippen LogP contribution is 2.08. The van der Waals surface area contributed by atoms with Crippen LogP contribution in [0.25, 0.3) is 0 Å². The molecule has 4 heteroatoms. The molecule has 0 aromatic heterocycles. The van der Waals surface area contributed by atoms with Crippen LogP contribution in [0.3, 0.4) is 0 Å². The summed E-state index contributed by atoms with van der Waals surface area (Å²) in [6.45, 7) is 7.60. The van der Waals surface area contributed by atoms with Crippen LogP contribution in [0.5, 0.6) is 0 Å². The maximum absolute atomic E-state index is 11.1. The second-order valence-electron chi connectivity index (χ2n) is 4.90. The zero-order chi connectivity index (χ0) is 13.1. The predicted molar refractivity (Wildman–Crippen MR) is 68.9 cm³/mol. The Bertz CT molecular complexity index is 205. The number of esters is 1. The molecule has 0 aliphatic carbocycles. The molecular weight excluding hydrogens is 218 g/mol. The highest BCUT2D eigenvalue weighted by Gasteiger charge is 2.14. The summed E-state index contributed by atoms with van der Waals surface area (Å²) in [5.41, 5.74) is -0.00408. The van der Waals surface area contributed by atoms with Gasteiger partial charge in [-0.15, -0.1) is 0 Å². The number of unbranched alkanes of at least 4 members (excludes halogenated alkanes) is 2. The maximum atomic E-state index is 11.1. The lowest BCUT2D eigenvalue weighted by molar-refractivity contribution is -0.143. The van der Waals surface area contributed by atoms with Gasteiger partial charge in [-0.2, -0.15) is 0 Å². The van der Waals surface area contributed by atoms with E-state index in [4.69, 9.17) is 9.84 Å². The lowest BCUT2D eigenvalue weighted by atomic mass is 10.0. The first kappa shape index (κ1) is 16.4. The summed E-state index contributed by atoms with van der Waals surface area (Å²) in [4.78, 5) is 11.1. The third-order valence-electron chi connectivity index (χ3n) is 2.70. The summed E-state index contributed by atoms with van der Waals surface area (Å²) in [7, 11) is 0. The zero-order valence-corrected chi connectivity index (χ0v) is 11.4. The first-order valence-corrected chi connectivity index (χ1v) is 6.53. The largest absolute Gasteiger partial charge is 0.466 e. The molecule has 0 aromatic carbocycles. The van der Waals surface area contributed by atoms with Crippen LogP contribution in [0.15, 0.2) is 0 Å². The summed E-state index contributed by atoms with van der Waals surface area (Å²) >= 11 is 0. The molecule has 0 saturated heterocycles. The molecule has 17 heavy (non-hydrogen) atoms. The van der Waals surface area contributed by atoms with Crippen molar-refractivity contribution in [2.24, 2.45) is 0 Å². The Balaban J connectivity index is 3.37. The van der Waals surface area contributed by atoms with E-state index in [-0.39, 0.29) is 18.1 Å². The number of hydrogen-bond donors (Lipinski definition) is 2. The van der Waals surface area contributed by atoms with E-state index >= 15 is 0 Å². The second kappa shape index (κ2) is 9.42. The fourth-order valence-electron chi connectivity index (χ4n) is 1.60. The maximum Gasteiger partial charge on any atom is 0.305 e. The van der Waals surface area contributed by atoms with Gasteiger partial charge < -0.3 is 15.2 Å². The Morgan fingerprint density at radius 1 is 1.29 bits per heavy atom. The van der Waals surface area contributed by atoms with Crippen LogP contribution < -0.4 is 5.32 Å². The number of carbonyl (C=O) groups excluding carboxylic acids is 1. The number of aliphatic hydroxyl groups is 1. The van der Waals surface area contributed by atoms with Gasteiger partial charge in [0, 0.05) is 18.6 Å². The van der Waals surface area contributed by atoms with Crippen LogP contribution in [0.2, 0.25) is 0 Å². The average Bonchev–Trinajstić information content (AvgIpc) is 2.23.